The number of methoxy groups -OCH3 is 1. The predicted octanol–water partition coefficient (Wildman–Crippen LogP) is 1.64. The lowest BCUT2D eigenvalue weighted by Crippen LogP contribution is -2.34. The van der Waals surface area contributed by atoms with Gasteiger partial charge in [0, 0.05) is 18.7 Å². The van der Waals surface area contributed by atoms with Crippen LogP contribution in [0.2, 0.25) is 0 Å². The van der Waals surface area contributed by atoms with Crippen LogP contribution in [0.15, 0.2) is 18.2 Å². The summed E-state index contributed by atoms with van der Waals surface area (Å²) in [6.45, 7) is 2.87. The molecular weight excluding hydrogens is 246 g/mol. The molecule has 19 heavy (non-hydrogen) atoms. The summed E-state index contributed by atoms with van der Waals surface area (Å²) >= 11 is 0. The molecule has 0 saturated carbocycles. The van der Waals surface area contributed by atoms with Crippen molar-refractivity contribution in [3.63, 3.8) is 0 Å². The van der Waals surface area contributed by atoms with E-state index in [0.29, 0.717) is 24.4 Å². The van der Waals surface area contributed by atoms with Crippen LogP contribution in [0.5, 0.6) is 11.5 Å². The number of aromatic hydroxyl groups is 1. The second-order valence-corrected chi connectivity index (χ2v) is 4.26. The van der Waals surface area contributed by atoms with Gasteiger partial charge >= 0.3 is 0 Å². The fourth-order valence-corrected chi connectivity index (χ4v) is 1.79. The molecule has 0 fully saturated rings. The number of aliphatic hydroxyl groups is 1. The number of ether oxygens (including phenoxy) is 1. The van der Waals surface area contributed by atoms with E-state index in [9.17, 15) is 9.90 Å². The van der Waals surface area contributed by atoms with Gasteiger partial charge in [-0.3, -0.25) is 4.79 Å². The van der Waals surface area contributed by atoms with Crippen molar-refractivity contribution in [1.82, 2.24) is 4.90 Å². The smallest absolute Gasteiger partial charge is 0.254 e. The van der Waals surface area contributed by atoms with Gasteiger partial charge in [0.05, 0.1) is 13.7 Å². The van der Waals surface area contributed by atoms with E-state index >= 15 is 0 Å². The van der Waals surface area contributed by atoms with E-state index in [2.05, 4.69) is 0 Å². The van der Waals surface area contributed by atoms with Crippen molar-refractivity contribution in [3.8, 4) is 11.5 Å². The Bertz CT molecular complexity index is 420. The molecule has 0 bridgehead atoms. The molecule has 0 spiro atoms. The number of nitrogens with zero attached hydrogens (tertiary/aromatic N) is 1. The lowest BCUT2D eigenvalue weighted by molar-refractivity contribution is 0.0719. The molecule has 0 heterocycles. The summed E-state index contributed by atoms with van der Waals surface area (Å²) in [5.41, 5.74) is 0.392. The van der Waals surface area contributed by atoms with Gasteiger partial charge in [0.15, 0.2) is 11.5 Å². The summed E-state index contributed by atoms with van der Waals surface area (Å²) in [7, 11) is 1.45. The molecule has 0 saturated heterocycles. The zero-order chi connectivity index (χ0) is 14.3. The van der Waals surface area contributed by atoms with Gasteiger partial charge in [-0.1, -0.05) is 13.3 Å². The van der Waals surface area contributed by atoms with E-state index in [1.165, 1.54) is 13.2 Å². The van der Waals surface area contributed by atoms with E-state index in [4.69, 9.17) is 9.84 Å². The normalized spacial score (nSPS) is 10.3. The van der Waals surface area contributed by atoms with Crippen LogP contribution in [-0.4, -0.2) is 47.8 Å². The van der Waals surface area contributed by atoms with Crippen molar-refractivity contribution in [2.45, 2.75) is 19.8 Å². The Kier molecular flexibility index (Phi) is 6.15. The third kappa shape index (κ3) is 4.13. The van der Waals surface area contributed by atoms with Crippen molar-refractivity contribution in [2.24, 2.45) is 0 Å². The van der Waals surface area contributed by atoms with E-state index in [-0.39, 0.29) is 18.3 Å². The van der Waals surface area contributed by atoms with Crippen LogP contribution < -0.4 is 4.74 Å². The summed E-state index contributed by atoms with van der Waals surface area (Å²) in [6.07, 6.45) is 1.86. The minimum Gasteiger partial charge on any atom is -0.504 e. The molecule has 1 rings (SSSR count). The molecule has 106 valence electrons. The number of carbonyl (C=O) groups excluding carboxylic acids is 1. The van der Waals surface area contributed by atoms with Gasteiger partial charge in [-0.05, 0) is 24.6 Å². The van der Waals surface area contributed by atoms with Crippen molar-refractivity contribution in [3.05, 3.63) is 23.8 Å². The molecule has 0 unspecified atom stereocenters. The number of hydrogen-bond donors (Lipinski definition) is 2. The molecule has 1 aromatic rings. The van der Waals surface area contributed by atoms with Gasteiger partial charge in [-0.25, -0.2) is 0 Å². The van der Waals surface area contributed by atoms with Crippen LogP contribution in [-0.2, 0) is 0 Å². The van der Waals surface area contributed by atoms with Crippen LogP contribution in [0.1, 0.15) is 30.1 Å². The van der Waals surface area contributed by atoms with E-state index in [0.717, 1.165) is 12.8 Å². The minimum atomic E-state index is -0.194. The number of phenolic OH excluding ortho intramolecular Hbond substituents is 1. The molecular formula is C14H21NO4. The maximum absolute atomic E-state index is 12.3. The fraction of sp³-hybridized carbons (Fsp3) is 0.500. The number of unbranched alkanes of at least 4 members (excludes halogenated alkanes) is 1. The monoisotopic (exact) mass is 267 g/mol. The molecule has 1 amide bonds. The van der Waals surface area contributed by atoms with Crippen molar-refractivity contribution < 1.29 is 19.7 Å². The lowest BCUT2D eigenvalue weighted by Gasteiger charge is -2.21. The zero-order valence-corrected chi connectivity index (χ0v) is 11.4. The Morgan fingerprint density at radius 2 is 2.11 bits per heavy atom. The quantitative estimate of drug-likeness (QED) is 0.788. The minimum absolute atomic E-state index is 0.0622. The summed E-state index contributed by atoms with van der Waals surface area (Å²) in [5, 5.41) is 18.7. The molecule has 0 aliphatic carbocycles. The topological polar surface area (TPSA) is 70.0 Å². The van der Waals surface area contributed by atoms with Gasteiger partial charge < -0.3 is 19.8 Å². The largest absolute Gasteiger partial charge is 0.504 e. The van der Waals surface area contributed by atoms with Crippen molar-refractivity contribution in [2.75, 3.05) is 26.8 Å². The Labute approximate surface area is 113 Å². The standard InChI is InChI=1S/C14H21NO4/c1-3-4-7-15(8-9-16)14(18)11-5-6-13(19-2)12(17)10-11/h5-6,10,16-17H,3-4,7-9H2,1-2H3. The first kappa shape index (κ1) is 15.3. The average Bonchev–Trinajstić information content (AvgIpc) is 2.42. The first-order chi connectivity index (χ1) is 9.13. The van der Waals surface area contributed by atoms with Gasteiger partial charge in [0.1, 0.15) is 0 Å². The van der Waals surface area contributed by atoms with Crippen LogP contribution >= 0.6 is 0 Å². The highest BCUT2D eigenvalue weighted by Gasteiger charge is 2.16. The third-order valence-corrected chi connectivity index (χ3v) is 2.86. The summed E-state index contributed by atoms with van der Waals surface area (Å²) in [4.78, 5) is 13.8. The van der Waals surface area contributed by atoms with Gasteiger partial charge in [0.25, 0.3) is 5.91 Å². The Hall–Kier alpha value is -1.75. The fourth-order valence-electron chi connectivity index (χ4n) is 1.79. The summed E-state index contributed by atoms with van der Waals surface area (Å²) in [5.74, 6) is 0.0760. The number of benzene rings is 1. The first-order valence-corrected chi connectivity index (χ1v) is 6.41. The SMILES string of the molecule is CCCCN(CCO)C(=O)c1ccc(OC)c(O)c1. The highest BCUT2D eigenvalue weighted by molar-refractivity contribution is 5.94. The van der Waals surface area contributed by atoms with Crippen molar-refractivity contribution >= 4 is 5.91 Å². The molecule has 0 radical (unpaired) electrons. The van der Waals surface area contributed by atoms with Gasteiger partial charge in [0.2, 0.25) is 0 Å². The first-order valence-electron chi connectivity index (χ1n) is 6.41. The molecule has 2 N–H and O–H groups in total. The highest BCUT2D eigenvalue weighted by Crippen LogP contribution is 2.26. The van der Waals surface area contributed by atoms with Crippen LogP contribution in [0, 0.1) is 0 Å². The number of amides is 1. The Morgan fingerprint density at radius 1 is 1.37 bits per heavy atom. The summed E-state index contributed by atoms with van der Waals surface area (Å²) < 4.78 is 4.94. The average molecular weight is 267 g/mol. The van der Waals surface area contributed by atoms with Crippen LogP contribution in [0.4, 0.5) is 0 Å². The summed E-state index contributed by atoms with van der Waals surface area (Å²) in [6, 6.07) is 4.55. The van der Waals surface area contributed by atoms with Crippen molar-refractivity contribution in [1.29, 1.82) is 0 Å². The van der Waals surface area contributed by atoms with Gasteiger partial charge in [-0.2, -0.15) is 0 Å². The van der Waals surface area contributed by atoms with Crippen LogP contribution in [0.3, 0.4) is 0 Å². The molecule has 0 aromatic heterocycles. The number of phenols is 1. The Balaban J connectivity index is 2.86. The molecule has 0 aliphatic rings. The second kappa shape index (κ2) is 7.63. The predicted molar refractivity (Wildman–Crippen MR) is 72.6 cm³/mol. The molecule has 5 nitrogen and oxygen atoms in total. The van der Waals surface area contributed by atoms with E-state index in [1.807, 2.05) is 6.92 Å². The van der Waals surface area contributed by atoms with Crippen LogP contribution in [0.25, 0.3) is 0 Å². The highest BCUT2D eigenvalue weighted by atomic mass is 16.5. The third-order valence-electron chi connectivity index (χ3n) is 2.86. The second-order valence-electron chi connectivity index (χ2n) is 4.26. The maximum Gasteiger partial charge on any atom is 0.254 e. The zero-order valence-electron chi connectivity index (χ0n) is 11.4. The maximum atomic E-state index is 12.3. The number of hydrogen-bond acceptors (Lipinski definition) is 4. The van der Waals surface area contributed by atoms with E-state index in [1.54, 1.807) is 17.0 Å². The lowest BCUT2D eigenvalue weighted by atomic mass is 10.1. The number of rotatable bonds is 7. The molecule has 0 atom stereocenters. The molecule has 0 aliphatic heterocycles. The van der Waals surface area contributed by atoms with E-state index < -0.39 is 0 Å². The number of carbonyl (C=O) groups is 1. The molecule has 5 heteroatoms. The van der Waals surface area contributed by atoms with Gasteiger partial charge in [-0.15, -0.1) is 0 Å². The molecule has 1 aromatic carbocycles. The Morgan fingerprint density at radius 3 is 2.63 bits per heavy atom. The number of aliphatic hydroxyl groups excluding tert-OH is 1.